The SMILES string of the molecule is COC(=O)Cc1cnnn1Cc1cccc(C#N)c1. The maximum absolute atomic E-state index is 11.3. The number of nitrogens with zero attached hydrogens (tertiary/aromatic N) is 4. The average molecular weight is 256 g/mol. The Morgan fingerprint density at radius 3 is 3.11 bits per heavy atom. The molecule has 2 aromatic rings. The third-order valence-corrected chi connectivity index (χ3v) is 2.64. The minimum Gasteiger partial charge on any atom is -0.469 e. The van der Waals surface area contributed by atoms with E-state index in [1.54, 1.807) is 16.8 Å². The number of rotatable bonds is 4. The zero-order valence-corrected chi connectivity index (χ0v) is 10.4. The van der Waals surface area contributed by atoms with Crippen LogP contribution in [0.25, 0.3) is 0 Å². The Morgan fingerprint density at radius 2 is 2.37 bits per heavy atom. The Hall–Kier alpha value is -2.68. The van der Waals surface area contributed by atoms with Crippen molar-refractivity contribution in [3.8, 4) is 6.07 Å². The van der Waals surface area contributed by atoms with Crippen molar-refractivity contribution < 1.29 is 9.53 Å². The molecular formula is C13H12N4O2. The van der Waals surface area contributed by atoms with Crippen molar-refractivity contribution >= 4 is 5.97 Å². The van der Waals surface area contributed by atoms with Gasteiger partial charge < -0.3 is 4.74 Å². The molecule has 0 amide bonds. The topological polar surface area (TPSA) is 80.8 Å². The Bertz CT molecular complexity index is 628. The van der Waals surface area contributed by atoms with Crippen LogP contribution in [0.15, 0.2) is 30.5 Å². The second kappa shape index (κ2) is 5.78. The lowest BCUT2D eigenvalue weighted by Gasteiger charge is -2.05. The summed E-state index contributed by atoms with van der Waals surface area (Å²) < 4.78 is 6.23. The molecule has 0 aliphatic rings. The number of ether oxygens (including phenoxy) is 1. The van der Waals surface area contributed by atoms with Crippen molar-refractivity contribution in [1.29, 1.82) is 5.26 Å². The Morgan fingerprint density at radius 1 is 1.53 bits per heavy atom. The number of nitriles is 1. The van der Waals surface area contributed by atoms with Crippen LogP contribution in [0.1, 0.15) is 16.8 Å². The van der Waals surface area contributed by atoms with Crippen LogP contribution < -0.4 is 0 Å². The molecule has 1 aromatic heterocycles. The average Bonchev–Trinajstić information content (AvgIpc) is 2.86. The molecule has 2 rings (SSSR count). The number of hydrogen-bond donors (Lipinski definition) is 0. The number of carbonyl (C=O) groups excluding carboxylic acids is 1. The number of benzene rings is 1. The molecule has 0 bridgehead atoms. The summed E-state index contributed by atoms with van der Waals surface area (Å²) in [6.07, 6.45) is 1.66. The summed E-state index contributed by atoms with van der Waals surface area (Å²) in [5.74, 6) is -0.339. The molecule has 0 N–H and O–H groups in total. The summed E-state index contributed by atoms with van der Waals surface area (Å²) in [5.41, 5.74) is 2.19. The van der Waals surface area contributed by atoms with Crippen LogP contribution in [0.2, 0.25) is 0 Å². The van der Waals surface area contributed by atoms with Crippen LogP contribution in [0, 0.1) is 11.3 Å². The van der Waals surface area contributed by atoms with E-state index in [0.29, 0.717) is 17.8 Å². The number of carbonyl (C=O) groups is 1. The number of methoxy groups -OCH3 is 1. The summed E-state index contributed by atoms with van der Waals surface area (Å²) in [6.45, 7) is 0.460. The van der Waals surface area contributed by atoms with Gasteiger partial charge in [-0.1, -0.05) is 17.3 Å². The van der Waals surface area contributed by atoms with E-state index in [9.17, 15) is 4.79 Å². The highest BCUT2D eigenvalue weighted by atomic mass is 16.5. The molecule has 19 heavy (non-hydrogen) atoms. The van der Waals surface area contributed by atoms with Gasteiger partial charge in [-0.25, -0.2) is 4.68 Å². The van der Waals surface area contributed by atoms with Crippen LogP contribution in [0.3, 0.4) is 0 Å². The van der Waals surface area contributed by atoms with Gasteiger partial charge in [0.2, 0.25) is 0 Å². The molecule has 0 atom stereocenters. The number of esters is 1. The molecule has 6 heteroatoms. The summed E-state index contributed by atoms with van der Waals surface area (Å²) in [7, 11) is 1.34. The molecular weight excluding hydrogens is 244 g/mol. The van der Waals surface area contributed by atoms with Gasteiger partial charge in [-0.15, -0.1) is 5.10 Å². The zero-order valence-electron chi connectivity index (χ0n) is 10.4. The van der Waals surface area contributed by atoms with E-state index in [1.165, 1.54) is 13.3 Å². The van der Waals surface area contributed by atoms with Crippen molar-refractivity contribution in [2.75, 3.05) is 7.11 Å². The fourth-order valence-corrected chi connectivity index (χ4v) is 1.68. The second-order valence-electron chi connectivity index (χ2n) is 3.95. The van der Waals surface area contributed by atoms with Crippen molar-refractivity contribution in [3.05, 3.63) is 47.3 Å². The molecule has 1 heterocycles. The third kappa shape index (κ3) is 3.16. The van der Waals surface area contributed by atoms with E-state index in [-0.39, 0.29) is 12.4 Å². The normalized spacial score (nSPS) is 9.89. The Labute approximate surface area is 110 Å². The molecule has 0 spiro atoms. The summed E-state index contributed by atoms with van der Waals surface area (Å²) in [6, 6.07) is 9.30. The van der Waals surface area contributed by atoms with Crippen LogP contribution >= 0.6 is 0 Å². The predicted molar refractivity (Wildman–Crippen MR) is 66.0 cm³/mol. The summed E-state index contributed by atoms with van der Waals surface area (Å²) in [4.78, 5) is 11.3. The highest BCUT2D eigenvalue weighted by molar-refractivity contribution is 5.71. The lowest BCUT2D eigenvalue weighted by molar-refractivity contribution is -0.139. The highest BCUT2D eigenvalue weighted by Crippen LogP contribution is 2.08. The van der Waals surface area contributed by atoms with Crippen molar-refractivity contribution in [3.63, 3.8) is 0 Å². The van der Waals surface area contributed by atoms with Gasteiger partial charge in [0.25, 0.3) is 0 Å². The van der Waals surface area contributed by atoms with Crippen LogP contribution in [0.4, 0.5) is 0 Å². The standard InChI is InChI=1S/C13H12N4O2/c1-19-13(18)6-12-8-15-16-17(12)9-11-4-2-3-10(5-11)7-14/h2-5,8H,6,9H2,1H3. The van der Waals surface area contributed by atoms with Gasteiger partial charge in [0.1, 0.15) is 0 Å². The van der Waals surface area contributed by atoms with E-state index < -0.39 is 0 Å². The van der Waals surface area contributed by atoms with Gasteiger partial charge in [0, 0.05) is 0 Å². The zero-order chi connectivity index (χ0) is 13.7. The van der Waals surface area contributed by atoms with Gasteiger partial charge in [0.15, 0.2) is 0 Å². The monoisotopic (exact) mass is 256 g/mol. The summed E-state index contributed by atoms with van der Waals surface area (Å²) >= 11 is 0. The first-order chi connectivity index (χ1) is 9.22. The predicted octanol–water partition coefficient (Wildman–Crippen LogP) is 0.914. The Balaban J connectivity index is 2.17. The summed E-state index contributed by atoms with van der Waals surface area (Å²) in [5, 5.41) is 16.6. The largest absolute Gasteiger partial charge is 0.469 e. The quantitative estimate of drug-likeness (QED) is 0.759. The van der Waals surface area contributed by atoms with Gasteiger partial charge in [-0.05, 0) is 17.7 Å². The number of hydrogen-bond acceptors (Lipinski definition) is 5. The maximum Gasteiger partial charge on any atom is 0.311 e. The van der Waals surface area contributed by atoms with Gasteiger partial charge >= 0.3 is 5.97 Å². The van der Waals surface area contributed by atoms with Crippen molar-refractivity contribution in [2.45, 2.75) is 13.0 Å². The molecule has 0 fully saturated rings. The smallest absolute Gasteiger partial charge is 0.311 e. The maximum atomic E-state index is 11.3. The van der Waals surface area contributed by atoms with Gasteiger partial charge in [0.05, 0.1) is 43.6 Å². The van der Waals surface area contributed by atoms with Gasteiger partial charge in [-0.3, -0.25) is 4.79 Å². The van der Waals surface area contributed by atoms with E-state index in [2.05, 4.69) is 21.1 Å². The lowest BCUT2D eigenvalue weighted by atomic mass is 10.1. The molecule has 0 saturated carbocycles. The molecule has 0 aliphatic heterocycles. The molecule has 0 saturated heterocycles. The molecule has 96 valence electrons. The van der Waals surface area contributed by atoms with E-state index in [4.69, 9.17) is 5.26 Å². The van der Waals surface area contributed by atoms with E-state index >= 15 is 0 Å². The molecule has 1 aromatic carbocycles. The molecule has 0 unspecified atom stereocenters. The minimum atomic E-state index is -0.339. The fraction of sp³-hybridized carbons (Fsp3) is 0.231. The minimum absolute atomic E-state index is 0.126. The Kier molecular flexibility index (Phi) is 3.88. The van der Waals surface area contributed by atoms with Crippen LogP contribution in [0.5, 0.6) is 0 Å². The third-order valence-electron chi connectivity index (χ3n) is 2.64. The van der Waals surface area contributed by atoms with Crippen molar-refractivity contribution in [2.24, 2.45) is 0 Å². The van der Waals surface area contributed by atoms with E-state index in [1.807, 2.05) is 12.1 Å². The fourth-order valence-electron chi connectivity index (χ4n) is 1.68. The highest BCUT2D eigenvalue weighted by Gasteiger charge is 2.10. The number of aromatic nitrogens is 3. The molecule has 0 radical (unpaired) electrons. The molecule has 0 aliphatic carbocycles. The first kappa shape index (κ1) is 12.8. The first-order valence-corrected chi connectivity index (χ1v) is 5.66. The lowest BCUT2D eigenvalue weighted by Crippen LogP contribution is -2.12. The molecule has 6 nitrogen and oxygen atoms in total. The first-order valence-electron chi connectivity index (χ1n) is 5.66. The van der Waals surface area contributed by atoms with Crippen LogP contribution in [-0.2, 0) is 22.5 Å². The van der Waals surface area contributed by atoms with Gasteiger partial charge in [-0.2, -0.15) is 5.26 Å². The van der Waals surface area contributed by atoms with E-state index in [0.717, 1.165) is 5.56 Å². The van der Waals surface area contributed by atoms with Crippen molar-refractivity contribution in [1.82, 2.24) is 15.0 Å². The second-order valence-corrected chi connectivity index (χ2v) is 3.95. The van der Waals surface area contributed by atoms with Crippen LogP contribution in [-0.4, -0.2) is 28.1 Å².